The molecule has 0 aliphatic carbocycles. The molecule has 16 heavy (non-hydrogen) atoms. The summed E-state index contributed by atoms with van der Waals surface area (Å²) >= 11 is 0. The van der Waals surface area contributed by atoms with E-state index in [1.165, 1.54) is 0 Å². The summed E-state index contributed by atoms with van der Waals surface area (Å²) in [7, 11) is 0. The molecule has 1 atom stereocenters. The Labute approximate surface area is 93.2 Å². The third-order valence-electron chi connectivity index (χ3n) is 2.70. The lowest BCUT2D eigenvalue weighted by Crippen LogP contribution is -2.47. The molecule has 0 spiro atoms. The number of hydrogen-bond donors (Lipinski definition) is 1. The van der Waals surface area contributed by atoms with Gasteiger partial charge in [-0.05, 0) is 27.2 Å². The summed E-state index contributed by atoms with van der Waals surface area (Å²) in [5.74, 6) is -2.77. The number of hydrogen-bond acceptors (Lipinski definition) is 2. The lowest BCUT2D eigenvalue weighted by molar-refractivity contribution is -0.0438. The van der Waals surface area contributed by atoms with E-state index in [1.807, 2.05) is 0 Å². The van der Waals surface area contributed by atoms with Gasteiger partial charge < -0.3 is 9.84 Å². The summed E-state index contributed by atoms with van der Waals surface area (Å²) in [5, 5.41) is 9.01. The van der Waals surface area contributed by atoms with Gasteiger partial charge in [0.05, 0.1) is 12.6 Å². The number of rotatable bonds is 3. The van der Waals surface area contributed by atoms with E-state index in [0.29, 0.717) is 0 Å². The molecule has 4 nitrogen and oxygen atoms in total. The van der Waals surface area contributed by atoms with Gasteiger partial charge in [0.25, 0.3) is 0 Å². The molecule has 0 aromatic rings. The first-order valence-corrected chi connectivity index (χ1v) is 5.17. The average molecular weight is 237 g/mol. The molecule has 6 heteroatoms. The molecular weight excluding hydrogens is 220 g/mol. The zero-order chi connectivity index (χ0) is 12.6. The Morgan fingerprint density at radius 3 is 2.62 bits per heavy atom. The first-order chi connectivity index (χ1) is 7.13. The van der Waals surface area contributed by atoms with Crippen molar-refractivity contribution in [1.82, 2.24) is 4.90 Å². The van der Waals surface area contributed by atoms with E-state index in [9.17, 15) is 13.6 Å². The van der Waals surface area contributed by atoms with Crippen LogP contribution in [0.25, 0.3) is 0 Å². The number of carbonyl (C=O) groups is 1. The topological polar surface area (TPSA) is 49.8 Å². The maximum Gasteiger partial charge on any atom is 0.409 e. The van der Waals surface area contributed by atoms with Gasteiger partial charge in [0.2, 0.25) is 5.92 Å². The van der Waals surface area contributed by atoms with E-state index in [4.69, 9.17) is 9.84 Å². The molecule has 1 aliphatic heterocycles. The molecule has 1 unspecified atom stereocenters. The molecule has 0 radical (unpaired) electrons. The predicted molar refractivity (Wildman–Crippen MR) is 53.5 cm³/mol. The Kier molecular flexibility index (Phi) is 3.42. The largest absolute Gasteiger partial charge is 0.465 e. The van der Waals surface area contributed by atoms with Crippen molar-refractivity contribution in [3.8, 4) is 0 Å². The number of alkyl halides is 2. The normalized spacial score (nSPS) is 24.8. The number of ether oxygens (including phenoxy) is 1. The summed E-state index contributed by atoms with van der Waals surface area (Å²) in [6, 6.07) is -0.488. The summed E-state index contributed by atoms with van der Waals surface area (Å²) < 4.78 is 30.7. The van der Waals surface area contributed by atoms with Crippen LogP contribution < -0.4 is 0 Å². The van der Waals surface area contributed by atoms with Gasteiger partial charge in [-0.1, -0.05) is 0 Å². The highest BCUT2D eigenvalue weighted by atomic mass is 19.3. The van der Waals surface area contributed by atoms with Crippen molar-refractivity contribution < 1.29 is 23.4 Å². The van der Waals surface area contributed by atoms with Crippen molar-refractivity contribution in [2.24, 2.45) is 0 Å². The molecule has 1 heterocycles. The van der Waals surface area contributed by atoms with Gasteiger partial charge in [0.1, 0.15) is 5.72 Å². The minimum atomic E-state index is -2.77. The smallest absolute Gasteiger partial charge is 0.409 e. The van der Waals surface area contributed by atoms with Gasteiger partial charge >= 0.3 is 6.09 Å². The van der Waals surface area contributed by atoms with Crippen molar-refractivity contribution >= 4 is 6.09 Å². The summed E-state index contributed by atoms with van der Waals surface area (Å²) in [6.07, 6.45) is -1.35. The van der Waals surface area contributed by atoms with E-state index in [0.717, 1.165) is 11.8 Å². The van der Waals surface area contributed by atoms with Crippen LogP contribution in [-0.2, 0) is 4.74 Å². The summed E-state index contributed by atoms with van der Waals surface area (Å²) in [4.78, 5) is 12.1. The van der Waals surface area contributed by atoms with Gasteiger partial charge in [-0.2, -0.15) is 0 Å². The van der Waals surface area contributed by atoms with Crippen molar-refractivity contribution in [2.45, 2.75) is 51.3 Å². The minimum Gasteiger partial charge on any atom is -0.465 e. The molecule has 0 bridgehead atoms. The standard InChI is InChI=1S/C10H17F2NO3/c1-9(2)13(8(14)15)7(6-16-9)4-5-10(3,11)12/h7H,4-6H2,1-3H3,(H,14,15). The maximum absolute atomic E-state index is 12.7. The highest BCUT2D eigenvalue weighted by Gasteiger charge is 2.44. The maximum atomic E-state index is 12.7. The molecule has 1 amide bonds. The monoisotopic (exact) mass is 237 g/mol. The van der Waals surface area contributed by atoms with Crippen LogP contribution in [0.4, 0.5) is 13.6 Å². The van der Waals surface area contributed by atoms with E-state index in [-0.39, 0.29) is 19.4 Å². The van der Waals surface area contributed by atoms with E-state index in [2.05, 4.69) is 0 Å². The second-order valence-corrected chi connectivity index (χ2v) is 4.67. The van der Waals surface area contributed by atoms with Crippen LogP contribution in [0.1, 0.15) is 33.6 Å². The predicted octanol–water partition coefficient (Wildman–Crippen LogP) is 2.54. The molecule has 1 aliphatic rings. The number of amides is 1. The van der Waals surface area contributed by atoms with Crippen molar-refractivity contribution in [2.75, 3.05) is 6.61 Å². The molecule has 0 aromatic carbocycles. The van der Waals surface area contributed by atoms with Crippen molar-refractivity contribution in [3.05, 3.63) is 0 Å². The second-order valence-electron chi connectivity index (χ2n) is 4.67. The summed E-state index contributed by atoms with van der Waals surface area (Å²) in [6.45, 7) is 4.24. The number of halogens is 2. The zero-order valence-electron chi connectivity index (χ0n) is 9.67. The van der Waals surface area contributed by atoms with Crippen LogP contribution in [0, 0.1) is 0 Å². The van der Waals surface area contributed by atoms with Gasteiger partial charge in [0, 0.05) is 6.42 Å². The van der Waals surface area contributed by atoms with Gasteiger partial charge in [-0.25, -0.2) is 13.6 Å². The molecule has 1 saturated heterocycles. The first-order valence-electron chi connectivity index (χ1n) is 5.17. The molecule has 94 valence electrons. The van der Waals surface area contributed by atoms with Crippen LogP contribution in [0.2, 0.25) is 0 Å². The summed E-state index contributed by atoms with van der Waals surface area (Å²) in [5.41, 5.74) is -0.931. The van der Waals surface area contributed by atoms with E-state index >= 15 is 0 Å². The third kappa shape index (κ3) is 3.04. The molecular formula is C10H17F2NO3. The lowest BCUT2D eigenvalue weighted by atomic mass is 10.1. The highest BCUT2D eigenvalue weighted by Crippen LogP contribution is 2.31. The van der Waals surface area contributed by atoms with Crippen molar-refractivity contribution in [1.29, 1.82) is 0 Å². The zero-order valence-corrected chi connectivity index (χ0v) is 9.67. The fourth-order valence-corrected chi connectivity index (χ4v) is 1.90. The quantitative estimate of drug-likeness (QED) is 0.820. The second kappa shape index (κ2) is 4.16. The Morgan fingerprint density at radius 1 is 1.62 bits per heavy atom. The lowest BCUT2D eigenvalue weighted by Gasteiger charge is -2.31. The third-order valence-corrected chi connectivity index (χ3v) is 2.70. The molecule has 1 N–H and O–H groups in total. The van der Waals surface area contributed by atoms with Crippen LogP contribution in [0.5, 0.6) is 0 Å². The fourth-order valence-electron chi connectivity index (χ4n) is 1.90. The van der Waals surface area contributed by atoms with Crippen LogP contribution >= 0.6 is 0 Å². The van der Waals surface area contributed by atoms with Gasteiger partial charge in [-0.15, -0.1) is 0 Å². The first kappa shape index (κ1) is 13.2. The Bertz CT molecular complexity index is 276. The minimum absolute atomic E-state index is 0.110. The Balaban J connectivity index is 2.64. The van der Waals surface area contributed by atoms with Crippen LogP contribution in [-0.4, -0.2) is 40.4 Å². The fraction of sp³-hybridized carbons (Fsp3) is 0.900. The molecule has 1 fully saturated rings. The van der Waals surface area contributed by atoms with E-state index in [1.54, 1.807) is 13.8 Å². The average Bonchev–Trinajstić information content (AvgIpc) is 2.36. The Morgan fingerprint density at radius 2 is 2.19 bits per heavy atom. The molecule has 1 rings (SSSR count). The van der Waals surface area contributed by atoms with Crippen molar-refractivity contribution in [3.63, 3.8) is 0 Å². The SMILES string of the molecule is CC(F)(F)CCC1COC(C)(C)N1C(=O)O. The van der Waals surface area contributed by atoms with Gasteiger partial charge in [0.15, 0.2) is 0 Å². The molecule has 0 saturated carbocycles. The number of carboxylic acid groups (broad SMARTS) is 1. The van der Waals surface area contributed by atoms with Gasteiger partial charge in [-0.3, -0.25) is 4.90 Å². The van der Waals surface area contributed by atoms with Crippen LogP contribution in [0.3, 0.4) is 0 Å². The van der Waals surface area contributed by atoms with E-state index < -0.39 is 23.8 Å². The molecule has 0 aromatic heterocycles. The van der Waals surface area contributed by atoms with Crippen LogP contribution in [0.15, 0.2) is 0 Å². The Hall–Kier alpha value is -0.910. The number of nitrogens with zero attached hydrogens (tertiary/aromatic N) is 1. The highest BCUT2D eigenvalue weighted by molar-refractivity contribution is 5.66.